The Morgan fingerprint density at radius 3 is 2.50 bits per heavy atom. The zero-order valence-corrected chi connectivity index (χ0v) is 11.1. The molecule has 1 heterocycles. The van der Waals surface area contributed by atoms with Crippen LogP contribution in [-0.4, -0.2) is 16.1 Å². The third kappa shape index (κ3) is 2.32. The lowest BCUT2D eigenvalue weighted by atomic mass is 9.95. The van der Waals surface area contributed by atoms with Gasteiger partial charge in [-0.15, -0.1) is 0 Å². The number of hydrogen-bond acceptors (Lipinski definition) is 1. The lowest BCUT2D eigenvalue weighted by molar-refractivity contribution is -0.137. The minimum atomic E-state index is -4.64. The molecule has 0 atom stereocenters. The number of aromatic carboxylic acids is 1. The minimum absolute atomic E-state index is 0.0392. The highest BCUT2D eigenvalue weighted by atomic mass is 19.4. The quantitative estimate of drug-likeness (QED) is 0.729. The van der Waals surface area contributed by atoms with Gasteiger partial charge >= 0.3 is 12.1 Å². The van der Waals surface area contributed by atoms with E-state index in [1.165, 1.54) is 12.1 Å². The van der Waals surface area contributed by atoms with E-state index in [-0.39, 0.29) is 5.56 Å². The molecule has 0 amide bonds. The second kappa shape index (κ2) is 4.91. The molecule has 6 heteroatoms. The molecule has 2 aromatic carbocycles. The molecule has 0 radical (unpaired) electrons. The fourth-order valence-electron chi connectivity index (χ4n) is 2.47. The van der Waals surface area contributed by atoms with E-state index in [2.05, 4.69) is 4.98 Å². The number of H-pyrrole nitrogens is 1. The topological polar surface area (TPSA) is 53.1 Å². The van der Waals surface area contributed by atoms with Crippen molar-refractivity contribution in [2.75, 3.05) is 0 Å². The van der Waals surface area contributed by atoms with Gasteiger partial charge in [-0.2, -0.15) is 13.2 Å². The summed E-state index contributed by atoms with van der Waals surface area (Å²) < 4.78 is 39.9. The molecule has 22 heavy (non-hydrogen) atoms. The van der Waals surface area contributed by atoms with Crippen molar-refractivity contribution >= 4 is 16.9 Å². The molecule has 0 aliphatic carbocycles. The lowest BCUT2D eigenvalue weighted by Crippen LogP contribution is -2.09. The molecular formula is C16H10F3NO2. The summed E-state index contributed by atoms with van der Waals surface area (Å²) in [4.78, 5) is 13.9. The van der Waals surface area contributed by atoms with Crippen molar-refractivity contribution in [1.29, 1.82) is 0 Å². The summed E-state index contributed by atoms with van der Waals surface area (Å²) in [6.07, 6.45) is -2.99. The van der Waals surface area contributed by atoms with Gasteiger partial charge in [-0.3, -0.25) is 0 Å². The maximum Gasteiger partial charge on any atom is 0.417 e. The van der Waals surface area contributed by atoms with Crippen molar-refractivity contribution in [1.82, 2.24) is 4.98 Å². The zero-order chi connectivity index (χ0) is 15.9. The van der Waals surface area contributed by atoms with Gasteiger partial charge in [-0.1, -0.05) is 18.2 Å². The van der Waals surface area contributed by atoms with E-state index in [1.807, 2.05) is 0 Å². The summed E-state index contributed by atoms with van der Waals surface area (Å²) in [7, 11) is 0. The molecule has 3 rings (SSSR count). The average Bonchev–Trinajstić information content (AvgIpc) is 2.94. The van der Waals surface area contributed by atoms with Crippen LogP contribution in [0.1, 0.15) is 15.9 Å². The highest BCUT2D eigenvalue weighted by Gasteiger charge is 2.34. The number of nitrogens with one attached hydrogen (secondary N) is 1. The summed E-state index contributed by atoms with van der Waals surface area (Å²) >= 11 is 0. The van der Waals surface area contributed by atoms with Crippen LogP contribution < -0.4 is 0 Å². The normalized spacial score (nSPS) is 11.8. The lowest BCUT2D eigenvalue weighted by Gasteiger charge is -2.14. The molecule has 3 nitrogen and oxygen atoms in total. The van der Waals surface area contributed by atoms with Gasteiger partial charge in [0.15, 0.2) is 0 Å². The Kier molecular flexibility index (Phi) is 3.16. The average molecular weight is 305 g/mol. The first-order valence-electron chi connectivity index (χ1n) is 6.39. The second-order valence-electron chi connectivity index (χ2n) is 4.81. The van der Waals surface area contributed by atoms with Gasteiger partial charge in [0.1, 0.15) is 0 Å². The predicted molar refractivity (Wildman–Crippen MR) is 75.7 cm³/mol. The van der Waals surface area contributed by atoms with E-state index in [4.69, 9.17) is 5.11 Å². The molecule has 0 bridgehead atoms. The first-order valence-corrected chi connectivity index (χ1v) is 6.39. The number of carboxylic acids is 1. The highest BCUT2D eigenvalue weighted by molar-refractivity contribution is 5.97. The van der Waals surface area contributed by atoms with Crippen molar-refractivity contribution in [2.45, 2.75) is 6.18 Å². The van der Waals surface area contributed by atoms with Crippen LogP contribution in [0.4, 0.5) is 13.2 Å². The molecule has 0 saturated heterocycles. The Labute approximate surface area is 123 Å². The number of benzene rings is 2. The van der Waals surface area contributed by atoms with Crippen molar-refractivity contribution < 1.29 is 23.1 Å². The summed E-state index contributed by atoms with van der Waals surface area (Å²) in [6, 6.07) is 9.74. The number of halogens is 3. The Morgan fingerprint density at radius 1 is 1.05 bits per heavy atom. The number of alkyl halides is 3. The maximum absolute atomic E-state index is 13.3. The second-order valence-corrected chi connectivity index (χ2v) is 4.81. The van der Waals surface area contributed by atoms with Gasteiger partial charge < -0.3 is 10.1 Å². The Morgan fingerprint density at radius 2 is 1.82 bits per heavy atom. The van der Waals surface area contributed by atoms with Crippen LogP contribution in [0.15, 0.2) is 48.7 Å². The number of aromatic nitrogens is 1. The summed E-state index contributed by atoms with van der Waals surface area (Å²) in [5, 5.41) is 9.55. The molecule has 112 valence electrons. The Hall–Kier alpha value is -2.76. The Balaban J connectivity index is 2.31. The van der Waals surface area contributed by atoms with Gasteiger partial charge in [0, 0.05) is 17.1 Å². The van der Waals surface area contributed by atoms with Crippen molar-refractivity contribution in [3.63, 3.8) is 0 Å². The van der Waals surface area contributed by atoms with E-state index in [9.17, 15) is 18.0 Å². The SMILES string of the molecule is O=C(O)c1ccc(-c2cccc3[nH]ccc23)c(C(F)(F)F)c1. The van der Waals surface area contributed by atoms with Gasteiger partial charge in [0.05, 0.1) is 11.1 Å². The molecule has 1 aromatic heterocycles. The monoisotopic (exact) mass is 305 g/mol. The summed E-state index contributed by atoms with van der Waals surface area (Å²) in [5.41, 5.74) is -0.267. The van der Waals surface area contributed by atoms with E-state index < -0.39 is 23.3 Å². The summed E-state index contributed by atoms with van der Waals surface area (Å²) in [5.74, 6) is -1.39. The van der Waals surface area contributed by atoms with Gasteiger partial charge in [-0.05, 0) is 35.4 Å². The first-order chi connectivity index (χ1) is 10.4. The molecular weight excluding hydrogens is 295 g/mol. The molecule has 0 spiro atoms. The maximum atomic E-state index is 13.3. The number of aromatic amines is 1. The Bertz CT molecular complexity index is 865. The van der Waals surface area contributed by atoms with E-state index in [0.717, 1.165) is 0 Å². The van der Waals surface area contributed by atoms with Crippen molar-refractivity contribution in [3.8, 4) is 11.1 Å². The van der Waals surface area contributed by atoms with Crippen LogP contribution >= 0.6 is 0 Å². The van der Waals surface area contributed by atoms with Crippen LogP contribution in [0.2, 0.25) is 0 Å². The number of hydrogen-bond donors (Lipinski definition) is 2. The standard InChI is InChI=1S/C16H10F3NO2/c17-16(18,19)13-8-9(15(21)22)4-5-11(13)10-2-1-3-14-12(10)6-7-20-14/h1-8,20H,(H,21,22). The summed E-state index contributed by atoms with van der Waals surface area (Å²) in [6.45, 7) is 0. The molecule has 0 saturated carbocycles. The first kappa shape index (κ1) is 14.2. The third-order valence-electron chi connectivity index (χ3n) is 3.46. The fourth-order valence-corrected chi connectivity index (χ4v) is 2.47. The van der Waals surface area contributed by atoms with Crippen LogP contribution in [0.5, 0.6) is 0 Å². The zero-order valence-electron chi connectivity index (χ0n) is 11.1. The van der Waals surface area contributed by atoms with Gasteiger partial charge in [0.2, 0.25) is 0 Å². The van der Waals surface area contributed by atoms with Gasteiger partial charge in [-0.25, -0.2) is 4.79 Å². The fraction of sp³-hybridized carbons (Fsp3) is 0.0625. The largest absolute Gasteiger partial charge is 0.478 e. The van der Waals surface area contributed by atoms with Crippen LogP contribution in [0.25, 0.3) is 22.0 Å². The number of rotatable bonds is 2. The number of carboxylic acid groups (broad SMARTS) is 1. The molecule has 2 N–H and O–H groups in total. The van der Waals surface area contributed by atoms with Crippen LogP contribution in [-0.2, 0) is 6.18 Å². The third-order valence-corrected chi connectivity index (χ3v) is 3.46. The molecule has 3 aromatic rings. The van der Waals surface area contributed by atoms with Crippen molar-refractivity contribution in [3.05, 3.63) is 59.8 Å². The number of fused-ring (bicyclic) bond motifs is 1. The van der Waals surface area contributed by atoms with Crippen LogP contribution in [0.3, 0.4) is 0 Å². The van der Waals surface area contributed by atoms with Gasteiger partial charge in [0.25, 0.3) is 0 Å². The molecule has 0 aliphatic rings. The van der Waals surface area contributed by atoms with E-state index in [1.54, 1.807) is 30.5 Å². The minimum Gasteiger partial charge on any atom is -0.478 e. The van der Waals surface area contributed by atoms with Crippen LogP contribution in [0, 0.1) is 0 Å². The smallest absolute Gasteiger partial charge is 0.417 e. The number of carbonyl (C=O) groups is 1. The molecule has 0 aliphatic heterocycles. The molecule has 0 unspecified atom stereocenters. The van der Waals surface area contributed by atoms with Crippen molar-refractivity contribution in [2.24, 2.45) is 0 Å². The van der Waals surface area contributed by atoms with E-state index >= 15 is 0 Å². The highest BCUT2D eigenvalue weighted by Crippen LogP contribution is 2.39. The predicted octanol–water partition coefficient (Wildman–Crippen LogP) is 4.55. The molecule has 0 fully saturated rings. The van der Waals surface area contributed by atoms with E-state index in [0.29, 0.717) is 22.5 Å².